The van der Waals surface area contributed by atoms with Crippen molar-refractivity contribution in [3.8, 4) is 0 Å². The molecule has 13 heavy (non-hydrogen) atoms. The van der Waals surface area contributed by atoms with E-state index in [9.17, 15) is 4.79 Å². The van der Waals surface area contributed by atoms with Crippen molar-refractivity contribution in [2.75, 3.05) is 5.32 Å². The summed E-state index contributed by atoms with van der Waals surface area (Å²) >= 11 is 0. The summed E-state index contributed by atoms with van der Waals surface area (Å²) in [4.78, 5) is 11.4. The molecule has 0 aromatic carbocycles. The molecule has 0 saturated heterocycles. The fourth-order valence-electron chi connectivity index (χ4n) is 1.10. The van der Waals surface area contributed by atoms with Crippen LogP contribution in [0.4, 0.5) is 5.69 Å². The van der Waals surface area contributed by atoms with Gasteiger partial charge in [-0.3, -0.25) is 4.79 Å². The SMILES string of the molecule is CCCC(C)C(=O)Nc1cnoc1. The molecule has 1 heterocycles. The zero-order valence-electron chi connectivity index (χ0n) is 7.91. The van der Waals surface area contributed by atoms with Crippen LogP contribution in [0.5, 0.6) is 0 Å². The molecular formula is C9H14N2O2. The molecular weight excluding hydrogens is 168 g/mol. The van der Waals surface area contributed by atoms with Gasteiger partial charge in [0, 0.05) is 5.92 Å². The van der Waals surface area contributed by atoms with Gasteiger partial charge in [0.2, 0.25) is 5.91 Å². The Morgan fingerprint density at radius 3 is 3.08 bits per heavy atom. The maximum absolute atomic E-state index is 11.4. The van der Waals surface area contributed by atoms with Crippen LogP contribution in [0.25, 0.3) is 0 Å². The Balaban J connectivity index is 2.41. The van der Waals surface area contributed by atoms with Crippen LogP contribution in [-0.4, -0.2) is 11.1 Å². The zero-order valence-corrected chi connectivity index (χ0v) is 7.91. The molecule has 1 aromatic rings. The van der Waals surface area contributed by atoms with E-state index >= 15 is 0 Å². The standard InChI is InChI=1S/C9H14N2O2/c1-3-4-7(2)9(12)11-8-5-10-13-6-8/h5-7H,3-4H2,1-2H3,(H,11,12). The summed E-state index contributed by atoms with van der Waals surface area (Å²) in [6, 6.07) is 0. The molecule has 1 aromatic heterocycles. The molecule has 1 atom stereocenters. The highest BCUT2D eigenvalue weighted by molar-refractivity contribution is 5.91. The third-order valence-electron chi connectivity index (χ3n) is 1.87. The molecule has 0 aliphatic heterocycles. The van der Waals surface area contributed by atoms with Gasteiger partial charge in [0.25, 0.3) is 0 Å². The van der Waals surface area contributed by atoms with E-state index in [2.05, 4.69) is 21.9 Å². The molecule has 1 rings (SSSR count). The lowest BCUT2D eigenvalue weighted by Gasteiger charge is -2.08. The maximum Gasteiger partial charge on any atom is 0.227 e. The van der Waals surface area contributed by atoms with Crippen molar-refractivity contribution in [3.05, 3.63) is 12.5 Å². The molecule has 4 heteroatoms. The molecule has 72 valence electrons. The summed E-state index contributed by atoms with van der Waals surface area (Å²) < 4.78 is 4.59. The molecule has 1 N–H and O–H groups in total. The molecule has 0 spiro atoms. The van der Waals surface area contributed by atoms with E-state index in [1.54, 1.807) is 0 Å². The number of nitrogens with zero attached hydrogens (tertiary/aromatic N) is 1. The summed E-state index contributed by atoms with van der Waals surface area (Å²) in [6.07, 6.45) is 4.81. The molecule has 1 unspecified atom stereocenters. The summed E-state index contributed by atoms with van der Waals surface area (Å²) in [5.74, 6) is 0.0601. The van der Waals surface area contributed by atoms with Crippen molar-refractivity contribution in [2.45, 2.75) is 26.7 Å². The highest BCUT2D eigenvalue weighted by Gasteiger charge is 2.11. The first kappa shape index (κ1) is 9.77. The van der Waals surface area contributed by atoms with E-state index in [1.807, 2.05) is 6.92 Å². The molecule has 0 bridgehead atoms. The van der Waals surface area contributed by atoms with Crippen LogP contribution in [0.2, 0.25) is 0 Å². The Kier molecular flexibility index (Phi) is 3.49. The van der Waals surface area contributed by atoms with Gasteiger partial charge in [-0.2, -0.15) is 0 Å². The number of rotatable bonds is 4. The second-order valence-electron chi connectivity index (χ2n) is 3.09. The van der Waals surface area contributed by atoms with Crippen LogP contribution in [0.15, 0.2) is 17.0 Å². The number of hydrogen-bond acceptors (Lipinski definition) is 3. The number of anilines is 1. The number of hydrogen-bond donors (Lipinski definition) is 1. The predicted molar refractivity (Wildman–Crippen MR) is 49.2 cm³/mol. The maximum atomic E-state index is 11.4. The van der Waals surface area contributed by atoms with E-state index < -0.39 is 0 Å². The van der Waals surface area contributed by atoms with Crippen molar-refractivity contribution in [1.29, 1.82) is 0 Å². The minimum absolute atomic E-state index is 0.0186. The molecule has 0 aliphatic carbocycles. The first-order chi connectivity index (χ1) is 6.24. The van der Waals surface area contributed by atoms with E-state index in [4.69, 9.17) is 0 Å². The van der Waals surface area contributed by atoms with Gasteiger partial charge in [0.15, 0.2) is 0 Å². The van der Waals surface area contributed by atoms with Crippen LogP contribution in [0, 0.1) is 5.92 Å². The summed E-state index contributed by atoms with van der Waals surface area (Å²) in [5.41, 5.74) is 0.618. The quantitative estimate of drug-likeness (QED) is 0.775. The fourth-order valence-corrected chi connectivity index (χ4v) is 1.10. The van der Waals surface area contributed by atoms with Gasteiger partial charge in [-0.25, -0.2) is 0 Å². The van der Waals surface area contributed by atoms with E-state index in [-0.39, 0.29) is 11.8 Å². The van der Waals surface area contributed by atoms with Crippen molar-refractivity contribution in [1.82, 2.24) is 5.16 Å². The van der Waals surface area contributed by atoms with Gasteiger partial charge in [0.1, 0.15) is 12.0 Å². The second kappa shape index (κ2) is 4.64. The number of nitrogens with one attached hydrogen (secondary N) is 1. The average molecular weight is 182 g/mol. The van der Waals surface area contributed by atoms with Gasteiger partial charge >= 0.3 is 0 Å². The Morgan fingerprint density at radius 1 is 1.77 bits per heavy atom. The van der Waals surface area contributed by atoms with Gasteiger partial charge in [-0.05, 0) is 6.42 Å². The van der Waals surface area contributed by atoms with Crippen LogP contribution < -0.4 is 5.32 Å². The fraction of sp³-hybridized carbons (Fsp3) is 0.556. The number of amides is 1. The van der Waals surface area contributed by atoms with E-state index in [0.717, 1.165) is 12.8 Å². The molecule has 0 radical (unpaired) electrons. The summed E-state index contributed by atoms with van der Waals surface area (Å²) in [7, 11) is 0. The molecule has 1 amide bonds. The highest BCUT2D eigenvalue weighted by atomic mass is 16.5. The molecule has 0 fully saturated rings. The summed E-state index contributed by atoms with van der Waals surface area (Å²) in [5, 5.41) is 6.20. The summed E-state index contributed by atoms with van der Waals surface area (Å²) in [6.45, 7) is 3.97. The second-order valence-corrected chi connectivity index (χ2v) is 3.09. The van der Waals surface area contributed by atoms with Gasteiger partial charge in [-0.1, -0.05) is 25.4 Å². The highest BCUT2D eigenvalue weighted by Crippen LogP contribution is 2.10. The first-order valence-electron chi connectivity index (χ1n) is 4.44. The predicted octanol–water partition coefficient (Wildman–Crippen LogP) is 2.05. The third-order valence-corrected chi connectivity index (χ3v) is 1.87. The van der Waals surface area contributed by atoms with Crippen LogP contribution in [0.1, 0.15) is 26.7 Å². The number of aromatic nitrogens is 1. The molecule has 4 nitrogen and oxygen atoms in total. The minimum Gasteiger partial charge on any atom is -0.363 e. The topological polar surface area (TPSA) is 55.1 Å². The van der Waals surface area contributed by atoms with Crippen molar-refractivity contribution in [3.63, 3.8) is 0 Å². The zero-order chi connectivity index (χ0) is 9.68. The van der Waals surface area contributed by atoms with Crippen molar-refractivity contribution < 1.29 is 9.32 Å². The lowest BCUT2D eigenvalue weighted by molar-refractivity contribution is -0.119. The Bertz CT molecular complexity index is 257. The largest absolute Gasteiger partial charge is 0.363 e. The monoisotopic (exact) mass is 182 g/mol. The molecule has 0 aliphatic rings. The van der Waals surface area contributed by atoms with Crippen LogP contribution in [-0.2, 0) is 4.79 Å². The van der Waals surface area contributed by atoms with Crippen molar-refractivity contribution >= 4 is 11.6 Å². The third kappa shape index (κ3) is 2.89. The Hall–Kier alpha value is -1.32. The van der Waals surface area contributed by atoms with Crippen LogP contribution >= 0.6 is 0 Å². The Morgan fingerprint density at radius 2 is 2.54 bits per heavy atom. The van der Waals surface area contributed by atoms with E-state index in [1.165, 1.54) is 12.5 Å². The lowest BCUT2D eigenvalue weighted by atomic mass is 10.1. The van der Waals surface area contributed by atoms with E-state index in [0.29, 0.717) is 5.69 Å². The van der Waals surface area contributed by atoms with Gasteiger partial charge in [-0.15, -0.1) is 0 Å². The van der Waals surface area contributed by atoms with Crippen LogP contribution in [0.3, 0.4) is 0 Å². The normalized spacial score (nSPS) is 12.5. The number of carbonyl (C=O) groups excluding carboxylic acids is 1. The first-order valence-corrected chi connectivity index (χ1v) is 4.44. The molecule has 0 saturated carbocycles. The Labute approximate surface area is 77.3 Å². The van der Waals surface area contributed by atoms with Gasteiger partial charge < -0.3 is 9.84 Å². The smallest absolute Gasteiger partial charge is 0.227 e. The van der Waals surface area contributed by atoms with Crippen molar-refractivity contribution in [2.24, 2.45) is 5.92 Å². The average Bonchev–Trinajstić information content (AvgIpc) is 2.57. The number of carbonyl (C=O) groups is 1. The minimum atomic E-state index is 0.0186. The van der Waals surface area contributed by atoms with Gasteiger partial charge in [0.05, 0.1) is 6.20 Å². The lowest BCUT2D eigenvalue weighted by Crippen LogP contribution is -2.19.